The van der Waals surface area contributed by atoms with Crippen LogP contribution in [-0.2, 0) is 0 Å². The Bertz CT molecular complexity index is 655. The fourth-order valence-corrected chi connectivity index (χ4v) is 1.93. The van der Waals surface area contributed by atoms with Gasteiger partial charge in [-0.3, -0.25) is 0 Å². The molecule has 3 rings (SSSR count). The topological polar surface area (TPSA) is 56.7 Å². The molecule has 1 atom stereocenters. The molecule has 0 unspecified atom stereocenters. The summed E-state index contributed by atoms with van der Waals surface area (Å²) >= 11 is 0. The molecule has 0 bridgehead atoms. The van der Waals surface area contributed by atoms with Gasteiger partial charge in [0, 0.05) is 6.07 Å². The van der Waals surface area contributed by atoms with Crippen LogP contribution in [0.2, 0.25) is 0 Å². The number of benzene rings is 1. The summed E-state index contributed by atoms with van der Waals surface area (Å²) in [6.45, 7) is 4.17. The van der Waals surface area contributed by atoms with Gasteiger partial charge in [-0.1, -0.05) is 40.2 Å². The SMILES string of the molecule is Cc1ccc([C@@H](C)n2cc(-c3ccon3)nn2)cc1. The fourth-order valence-electron chi connectivity index (χ4n) is 1.93. The molecule has 0 N–H and O–H groups in total. The van der Waals surface area contributed by atoms with Crippen molar-refractivity contribution in [3.63, 3.8) is 0 Å². The second kappa shape index (κ2) is 4.68. The van der Waals surface area contributed by atoms with E-state index in [-0.39, 0.29) is 6.04 Å². The molecule has 0 radical (unpaired) electrons. The van der Waals surface area contributed by atoms with Gasteiger partial charge in [0.25, 0.3) is 0 Å². The third-order valence-electron chi connectivity index (χ3n) is 3.17. The van der Waals surface area contributed by atoms with Crippen molar-refractivity contribution < 1.29 is 4.52 Å². The van der Waals surface area contributed by atoms with E-state index < -0.39 is 0 Å². The van der Waals surface area contributed by atoms with Gasteiger partial charge in [-0.25, -0.2) is 4.68 Å². The van der Waals surface area contributed by atoms with Gasteiger partial charge in [-0.05, 0) is 19.4 Å². The lowest BCUT2D eigenvalue weighted by Gasteiger charge is -2.11. The molecule has 2 aromatic heterocycles. The quantitative estimate of drug-likeness (QED) is 0.721. The van der Waals surface area contributed by atoms with Crippen molar-refractivity contribution in [2.45, 2.75) is 19.9 Å². The predicted molar refractivity (Wildman–Crippen MR) is 70.5 cm³/mol. The number of nitrogens with zero attached hydrogens (tertiary/aromatic N) is 4. The second-order valence-corrected chi connectivity index (χ2v) is 4.56. The zero-order valence-corrected chi connectivity index (χ0v) is 10.8. The van der Waals surface area contributed by atoms with Crippen LogP contribution in [0.15, 0.2) is 47.3 Å². The zero-order valence-electron chi connectivity index (χ0n) is 10.8. The van der Waals surface area contributed by atoms with E-state index >= 15 is 0 Å². The number of rotatable bonds is 3. The van der Waals surface area contributed by atoms with Crippen molar-refractivity contribution in [2.24, 2.45) is 0 Å². The minimum atomic E-state index is 0.133. The Morgan fingerprint density at radius 1 is 1.11 bits per heavy atom. The third kappa shape index (κ3) is 2.27. The summed E-state index contributed by atoms with van der Waals surface area (Å²) in [5.74, 6) is 0. The average Bonchev–Trinajstić information content (AvgIpc) is 3.10. The fraction of sp³-hybridized carbons (Fsp3) is 0.214. The first-order valence-corrected chi connectivity index (χ1v) is 6.13. The van der Waals surface area contributed by atoms with Crippen LogP contribution < -0.4 is 0 Å². The maximum atomic E-state index is 4.81. The molecule has 0 spiro atoms. The van der Waals surface area contributed by atoms with Crippen LogP contribution in [0.5, 0.6) is 0 Å². The summed E-state index contributed by atoms with van der Waals surface area (Å²) in [6.07, 6.45) is 3.40. The minimum absolute atomic E-state index is 0.133. The molecule has 3 aromatic rings. The predicted octanol–water partition coefficient (Wildman–Crippen LogP) is 2.85. The van der Waals surface area contributed by atoms with E-state index in [9.17, 15) is 0 Å². The highest BCUT2D eigenvalue weighted by molar-refractivity contribution is 5.50. The Hall–Kier alpha value is -2.43. The molecule has 0 saturated carbocycles. The van der Waals surface area contributed by atoms with E-state index in [0.29, 0.717) is 11.4 Å². The van der Waals surface area contributed by atoms with E-state index in [4.69, 9.17) is 4.52 Å². The van der Waals surface area contributed by atoms with Crippen LogP contribution in [0.25, 0.3) is 11.4 Å². The van der Waals surface area contributed by atoms with Crippen LogP contribution in [0.1, 0.15) is 24.1 Å². The van der Waals surface area contributed by atoms with Gasteiger partial charge in [0.2, 0.25) is 0 Å². The molecule has 1 aromatic carbocycles. The Balaban J connectivity index is 1.88. The Morgan fingerprint density at radius 3 is 2.58 bits per heavy atom. The summed E-state index contributed by atoms with van der Waals surface area (Å²) in [6, 6.07) is 10.3. The monoisotopic (exact) mass is 254 g/mol. The van der Waals surface area contributed by atoms with E-state index in [1.807, 2.05) is 10.9 Å². The van der Waals surface area contributed by atoms with Crippen LogP contribution >= 0.6 is 0 Å². The summed E-state index contributed by atoms with van der Waals surface area (Å²) < 4.78 is 6.64. The highest BCUT2D eigenvalue weighted by atomic mass is 16.5. The molecule has 5 nitrogen and oxygen atoms in total. The number of hydrogen-bond donors (Lipinski definition) is 0. The van der Waals surface area contributed by atoms with E-state index in [0.717, 1.165) is 0 Å². The first-order valence-electron chi connectivity index (χ1n) is 6.13. The van der Waals surface area contributed by atoms with Crippen LogP contribution in [-0.4, -0.2) is 20.2 Å². The van der Waals surface area contributed by atoms with Gasteiger partial charge in [-0.2, -0.15) is 0 Å². The number of aryl methyl sites for hydroxylation is 1. The van der Waals surface area contributed by atoms with Gasteiger partial charge in [0.05, 0.1) is 12.2 Å². The average molecular weight is 254 g/mol. The number of aromatic nitrogens is 4. The van der Waals surface area contributed by atoms with Crippen molar-refractivity contribution in [1.82, 2.24) is 20.2 Å². The highest BCUT2D eigenvalue weighted by Gasteiger charge is 2.12. The molecule has 0 amide bonds. The first kappa shape index (κ1) is 11.6. The molecule has 96 valence electrons. The smallest absolute Gasteiger partial charge is 0.135 e. The normalized spacial score (nSPS) is 12.5. The lowest BCUT2D eigenvalue weighted by molar-refractivity contribution is 0.422. The third-order valence-corrected chi connectivity index (χ3v) is 3.17. The molecule has 0 aliphatic rings. The largest absolute Gasteiger partial charge is 0.364 e. The minimum Gasteiger partial charge on any atom is -0.364 e. The van der Waals surface area contributed by atoms with Crippen molar-refractivity contribution in [3.05, 3.63) is 53.9 Å². The standard InChI is InChI=1S/C14H14N4O/c1-10-3-5-12(6-4-10)11(2)18-9-14(15-17-18)13-7-8-19-16-13/h3-9,11H,1-2H3/t11-/m1/s1. The summed E-state index contributed by atoms with van der Waals surface area (Å²) in [4.78, 5) is 0. The van der Waals surface area contributed by atoms with E-state index in [2.05, 4.69) is 53.6 Å². The molecular formula is C14H14N4O. The lowest BCUT2D eigenvalue weighted by Crippen LogP contribution is -2.07. The Morgan fingerprint density at radius 2 is 1.89 bits per heavy atom. The Kier molecular flexibility index (Phi) is 2.87. The summed E-state index contributed by atoms with van der Waals surface area (Å²) in [5.41, 5.74) is 3.86. The van der Waals surface area contributed by atoms with Gasteiger partial charge in [-0.15, -0.1) is 5.10 Å². The molecule has 5 heteroatoms. The molecule has 2 heterocycles. The molecular weight excluding hydrogens is 240 g/mol. The van der Waals surface area contributed by atoms with E-state index in [1.54, 1.807) is 6.07 Å². The molecule has 0 aliphatic heterocycles. The molecule has 0 fully saturated rings. The van der Waals surface area contributed by atoms with Crippen molar-refractivity contribution in [3.8, 4) is 11.4 Å². The van der Waals surface area contributed by atoms with Gasteiger partial charge < -0.3 is 4.52 Å². The van der Waals surface area contributed by atoms with Crippen LogP contribution in [0.3, 0.4) is 0 Å². The molecule has 0 saturated heterocycles. The van der Waals surface area contributed by atoms with Crippen molar-refractivity contribution in [2.75, 3.05) is 0 Å². The summed E-state index contributed by atoms with van der Waals surface area (Å²) in [7, 11) is 0. The lowest BCUT2D eigenvalue weighted by atomic mass is 10.1. The van der Waals surface area contributed by atoms with Crippen molar-refractivity contribution >= 4 is 0 Å². The first-order chi connectivity index (χ1) is 9.24. The van der Waals surface area contributed by atoms with Gasteiger partial charge in [0.15, 0.2) is 0 Å². The Labute approximate surface area is 110 Å². The zero-order chi connectivity index (χ0) is 13.2. The molecule has 0 aliphatic carbocycles. The van der Waals surface area contributed by atoms with E-state index in [1.165, 1.54) is 17.4 Å². The highest BCUT2D eigenvalue weighted by Crippen LogP contribution is 2.20. The number of hydrogen-bond acceptors (Lipinski definition) is 4. The molecule has 19 heavy (non-hydrogen) atoms. The maximum absolute atomic E-state index is 4.81. The van der Waals surface area contributed by atoms with Crippen LogP contribution in [0.4, 0.5) is 0 Å². The second-order valence-electron chi connectivity index (χ2n) is 4.56. The maximum Gasteiger partial charge on any atom is 0.135 e. The van der Waals surface area contributed by atoms with Gasteiger partial charge in [0.1, 0.15) is 17.7 Å². The summed E-state index contributed by atoms with van der Waals surface area (Å²) in [5, 5.41) is 12.1. The van der Waals surface area contributed by atoms with Crippen molar-refractivity contribution in [1.29, 1.82) is 0 Å². The van der Waals surface area contributed by atoms with Crippen LogP contribution in [0, 0.1) is 6.92 Å². The van der Waals surface area contributed by atoms with Gasteiger partial charge >= 0.3 is 0 Å².